The van der Waals surface area contributed by atoms with Crippen LogP contribution in [0, 0.1) is 6.92 Å². The highest BCUT2D eigenvalue weighted by Gasteiger charge is 2.13. The van der Waals surface area contributed by atoms with Gasteiger partial charge in [0, 0.05) is 0 Å². The predicted octanol–water partition coefficient (Wildman–Crippen LogP) is 3.65. The van der Waals surface area contributed by atoms with Gasteiger partial charge in [0.15, 0.2) is 18.1 Å². The molecule has 0 aliphatic rings. The molecule has 4 heteroatoms. The highest BCUT2D eigenvalue weighted by Crippen LogP contribution is 2.27. The fraction of sp³-hybridized carbons (Fsp3) is 0.316. The molecule has 1 atom stereocenters. The molecule has 23 heavy (non-hydrogen) atoms. The molecule has 122 valence electrons. The first-order valence-corrected chi connectivity index (χ1v) is 7.75. The highest BCUT2D eigenvalue weighted by molar-refractivity contribution is 5.78. The molecular formula is C19H23NO3. The summed E-state index contributed by atoms with van der Waals surface area (Å²) in [7, 11) is 1.59. The van der Waals surface area contributed by atoms with Gasteiger partial charge < -0.3 is 14.8 Å². The van der Waals surface area contributed by atoms with E-state index in [9.17, 15) is 4.79 Å². The lowest BCUT2D eigenvalue weighted by Crippen LogP contribution is -2.32. The van der Waals surface area contributed by atoms with Crippen LogP contribution in [0.15, 0.2) is 48.5 Å². The second kappa shape index (κ2) is 8.22. The molecule has 0 radical (unpaired) electrons. The van der Waals surface area contributed by atoms with Crippen molar-refractivity contribution in [1.82, 2.24) is 5.32 Å². The fourth-order valence-corrected chi connectivity index (χ4v) is 2.38. The SMILES string of the molecule is CCC(NC(=O)COc1ccc(C)cc1OC)c1ccccc1. The molecule has 0 spiro atoms. The zero-order valence-electron chi connectivity index (χ0n) is 13.8. The third-order valence-corrected chi connectivity index (χ3v) is 3.62. The minimum absolute atomic E-state index is 0.00721. The first kappa shape index (κ1) is 16.9. The summed E-state index contributed by atoms with van der Waals surface area (Å²) in [5.74, 6) is 1.05. The van der Waals surface area contributed by atoms with Crippen LogP contribution < -0.4 is 14.8 Å². The molecule has 1 unspecified atom stereocenters. The largest absolute Gasteiger partial charge is 0.493 e. The van der Waals surface area contributed by atoms with E-state index in [-0.39, 0.29) is 18.6 Å². The standard InChI is InChI=1S/C19H23NO3/c1-4-16(15-8-6-5-7-9-15)20-19(21)13-23-17-11-10-14(2)12-18(17)22-3/h5-12,16H,4,13H2,1-3H3,(H,20,21). The van der Waals surface area contributed by atoms with Gasteiger partial charge in [-0.3, -0.25) is 4.79 Å². The third-order valence-electron chi connectivity index (χ3n) is 3.62. The van der Waals surface area contributed by atoms with Gasteiger partial charge >= 0.3 is 0 Å². The van der Waals surface area contributed by atoms with Crippen molar-refractivity contribution in [2.24, 2.45) is 0 Å². The molecule has 0 bridgehead atoms. The number of hydrogen-bond acceptors (Lipinski definition) is 3. The van der Waals surface area contributed by atoms with Crippen LogP contribution in [-0.2, 0) is 4.79 Å². The summed E-state index contributed by atoms with van der Waals surface area (Å²) in [5, 5.41) is 3.00. The maximum Gasteiger partial charge on any atom is 0.258 e. The zero-order valence-corrected chi connectivity index (χ0v) is 13.8. The number of aryl methyl sites for hydroxylation is 1. The van der Waals surface area contributed by atoms with Gasteiger partial charge in [0.25, 0.3) is 5.91 Å². The molecule has 0 saturated heterocycles. The number of benzene rings is 2. The summed E-state index contributed by atoms with van der Waals surface area (Å²) in [4.78, 5) is 12.1. The van der Waals surface area contributed by atoms with E-state index in [2.05, 4.69) is 5.32 Å². The predicted molar refractivity (Wildman–Crippen MR) is 90.8 cm³/mol. The Hall–Kier alpha value is -2.49. The lowest BCUT2D eigenvalue weighted by Gasteiger charge is -2.18. The lowest BCUT2D eigenvalue weighted by molar-refractivity contribution is -0.123. The number of methoxy groups -OCH3 is 1. The Labute approximate surface area is 137 Å². The van der Waals surface area contributed by atoms with E-state index in [1.54, 1.807) is 7.11 Å². The average Bonchev–Trinajstić information content (AvgIpc) is 2.59. The van der Waals surface area contributed by atoms with Crippen LogP contribution >= 0.6 is 0 Å². The molecule has 0 aliphatic heterocycles. The number of carbonyl (C=O) groups excluding carboxylic acids is 1. The molecule has 0 fully saturated rings. The van der Waals surface area contributed by atoms with E-state index in [0.29, 0.717) is 11.5 Å². The van der Waals surface area contributed by atoms with Crippen molar-refractivity contribution < 1.29 is 14.3 Å². The van der Waals surface area contributed by atoms with Crippen LogP contribution in [0.4, 0.5) is 0 Å². The number of carbonyl (C=O) groups is 1. The molecule has 0 saturated carbocycles. The average molecular weight is 313 g/mol. The van der Waals surface area contributed by atoms with Crippen LogP contribution in [0.25, 0.3) is 0 Å². The van der Waals surface area contributed by atoms with Crippen LogP contribution in [0.3, 0.4) is 0 Å². The van der Waals surface area contributed by atoms with Gasteiger partial charge in [0.2, 0.25) is 0 Å². The van der Waals surface area contributed by atoms with Gasteiger partial charge in [-0.15, -0.1) is 0 Å². The van der Waals surface area contributed by atoms with E-state index in [1.807, 2.05) is 62.4 Å². The number of nitrogens with one attached hydrogen (secondary N) is 1. The Balaban J connectivity index is 1.94. The van der Waals surface area contributed by atoms with Crippen molar-refractivity contribution in [1.29, 1.82) is 0 Å². The number of ether oxygens (including phenoxy) is 2. The molecule has 2 aromatic rings. The molecule has 1 amide bonds. The maximum atomic E-state index is 12.1. The maximum absolute atomic E-state index is 12.1. The third kappa shape index (κ3) is 4.74. The molecule has 1 N–H and O–H groups in total. The van der Waals surface area contributed by atoms with E-state index >= 15 is 0 Å². The van der Waals surface area contributed by atoms with Gasteiger partial charge in [-0.05, 0) is 36.6 Å². The molecular weight excluding hydrogens is 290 g/mol. The van der Waals surface area contributed by atoms with Crippen molar-refractivity contribution in [3.63, 3.8) is 0 Å². The van der Waals surface area contributed by atoms with Gasteiger partial charge in [0.05, 0.1) is 13.2 Å². The van der Waals surface area contributed by atoms with Gasteiger partial charge in [0.1, 0.15) is 0 Å². The van der Waals surface area contributed by atoms with Crippen molar-refractivity contribution in [2.75, 3.05) is 13.7 Å². The smallest absolute Gasteiger partial charge is 0.258 e. The van der Waals surface area contributed by atoms with Crippen molar-refractivity contribution in [3.05, 3.63) is 59.7 Å². The first-order valence-electron chi connectivity index (χ1n) is 7.75. The minimum Gasteiger partial charge on any atom is -0.493 e. The molecule has 2 rings (SSSR count). The number of amides is 1. The normalized spacial score (nSPS) is 11.6. The molecule has 4 nitrogen and oxygen atoms in total. The molecule has 0 aromatic heterocycles. The zero-order chi connectivity index (χ0) is 16.7. The summed E-state index contributed by atoms with van der Waals surface area (Å²) in [6.45, 7) is 3.98. The van der Waals surface area contributed by atoms with Crippen LogP contribution in [-0.4, -0.2) is 19.6 Å². The molecule has 2 aromatic carbocycles. The second-order valence-electron chi connectivity index (χ2n) is 5.38. The van der Waals surface area contributed by atoms with E-state index in [4.69, 9.17) is 9.47 Å². The molecule has 0 aliphatic carbocycles. The molecule has 0 heterocycles. The Kier molecular flexibility index (Phi) is 6.03. The van der Waals surface area contributed by atoms with Crippen LogP contribution in [0.5, 0.6) is 11.5 Å². The first-order chi connectivity index (χ1) is 11.1. The van der Waals surface area contributed by atoms with Crippen LogP contribution in [0.1, 0.15) is 30.5 Å². The van der Waals surface area contributed by atoms with Crippen LogP contribution in [0.2, 0.25) is 0 Å². The topological polar surface area (TPSA) is 47.6 Å². The van der Waals surface area contributed by atoms with Gasteiger partial charge in [-0.2, -0.15) is 0 Å². The Bertz CT molecular complexity index is 640. The van der Waals surface area contributed by atoms with Crippen molar-refractivity contribution in [3.8, 4) is 11.5 Å². The quantitative estimate of drug-likeness (QED) is 0.849. The minimum atomic E-state index is -0.150. The Morgan fingerprint density at radius 1 is 1.13 bits per heavy atom. The summed E-state index contributed by atoms with van der Waals surface area (Å²) < 4.78 is 10.9. The second-order valence-corrected chi connectivity index (χ2v) is 5.38. The lowest BCUT2D eigenvalue weighted by atomic mass is 10.0. The Morgan fingerprint density at radius 3 is 2.52 bits per heavy atom. The fourth-order valence-electron chi connectivity index (χ4n) is 2.38. The van der Waals surface area contributed by atoms with Gasteiger partial charge in [-0.1, -0.05) is 43.3 Å². The summed E-state index contributed by atoms with van der Waals surface area (Å²) in [6.07, 6.45) is 0.823. The van der Waals surface area contributed by atoms with Gasteiger partial charge in [-0.25, -0.2) is 0 Å². The van der Waals surface area contributed by atoms with Crippen molar-refractivity contribution in [2.45, 2.75) is 26.3 Å². The summed E-state index contributed by atoms with van der Waals surface area (Å²) >= 11 is 0. The monoisotopic (exact) mass is 313 g/mol. The van der Waals surface area contributed by atoms with E-state index in [0.717, 1.165) is 17.5 Å². The highest BCUT2D eigenvalue weighted by atomic mass is 16.5. The van der Waals surface area contributed by atoms with Crippen molar-refractivity contribution >= 4 is 5.91 Å². The number of rotatable bonds is 7. The summed E-state index contributed by atoms with van der Waals surface area (Å²) in [5.41, 5.74) is 2.17. The Morgan fingerprint density at radius 2 is 1.87 bits per heavy atom. The number of hydrogen-bond donors (Lipinski definition) is 1. The van der Waals surface area contributed by atoms with E-state index in [1.165, 1.54) is 0 Å². The summed E-state index contributed by atoms with van der Waals surface area (Å²) in [6, 6.07) is 15.5. The van der Waals surface area contributed by atoms with E-state index < -0.39 is 0 Å².